The summed E-state index contributed by atoms with van der Waals surface area (Å²) in [6.07, 6.45) is 2.84. The van der Waals surface area contributed by atoms with Gasteiger partial charge in [0.1, 0.15) is 0 Å². The summed E-state index contributed by atoms with van der Waals surface area (Å²) in [6, 6.07) is 0. The Bertz CT molecular complexity index is 494. The smallest absolute Gasteiger partial charge is 0.255 e. The van der Waals surface area contributed by atoms with E-state index < -0.39 is 5.54 Å². The van der Waals surface area contributed by atoms with E-state index in [0.29, 0.717) is 18.4 Å². The van der Waals surface area contributed by atoms with E-state index in [9.17, 15) is 4.79 Å². The zero-order valence-electron chi connectivity index (χ0n) is 11.8. The first-order valence-electron chi connectivity index (χ1n) is 6.21. The van der Waals surface area contributed by atoms with Crippen LogP contribution in [0.25, 0.3) is 0 Å². The van der Waals surface area contributed by atoms with E-state index in [1.165, 1.54) is 0 Å². The number of aromatic nitrogens is 2. The van der Waals surface area contributed by atoms with Crippen LogP contribution >= 0.6 is 0 Å². The van der Waals surface area contributed by atoms with Gasteiger partial charge in [-0.3, -0.25) is 9.48 Å². The monoisotopic (exact) mass is 267 g/mol. The summed E-state index contributed by atoms with van der Waals surface area (Å²) in [5, 5.41) is 18.8. The van der Waals surface area contributed by atoms with Crippen molar-refractivity contribution in [3.63, 3.8) is 0 Å². The van der Waals surface area contributed by atoms with E-state index in [2.05, 4.69) is 15.6 Å². The maximum absolute atomic E-state index is 12.3. The Morgan fingerprint density at radius 3 is 2.74 bits per heavy atom. The number of carbonyl (C=O) groups excluding carboxylic acids is 1. The van der Waals surface area contributed by atoms with Crippen LogP contribution in [0.1, 0.15) is 43.2 Å². The molecule has 0 aliphatic carbocycles. The molecule has 0 spiro atoms. The van der Waals surface area contributed by atoms with Crippen LogP contribution in [0, 0.1) is 0 Å². The highest BCUT2D eigenvalue weighted by Crippen LogP contribution is 2.13. The van der Waals surface area contributed by atoms with Gasteiger partial charge in [-0.1, -0.05) is 19.0 Å². The van der Waals surface area contributed by atoms with Crippen molar-refractivity contribution in [2.45, 2.75) is 39.2 Å². The van der Waals surface area contributed by atoms with Gasteiger partial charge in [0.2, 0.25) is 0 Å². The molecule has 4 N–H and O–H groups in total. The topological polar surface area (TPSA) is 106 Å². The minimum Gasteiger partial charge on any atom is -0.409 e. The Hall–Kier alpha value is -2.05. The van der Waals surface area contributed by atoms with Crippen molar-refractivity contribution in [1.29, 1.82) is 0 Å². The molecule has 0 aliphatic heterocycles. The van der Waals surface area contributed by atoms with E-state index in [-0.39, 0.29) is 11.7 Å². The highest BCUT2D eigenvalue weighted by Gasteiger charge is 2.31. The number of oxime groups is 1. The highest BCUT2D eigenvalue weighted by molar-refractivity contribution is 6.00. The second kappa shape index (κ2) is 5.73. The van der Waals surface area contributed by atoms with Gasteiger partial charge in [-0.05, 0) is 19.8 Å². The van der Waals surface area contributed by atoms with Crippen LogP contribution in [-0.2, 0) is 13.5 Å². The van der Waals surface area contributed by atoms with Crippen LogP contribution in [0.5, 0.6) is 0 Å². The normalized spacial score (nSPS) is 15.1. The average Bonchev–Trinajstić information content (AvgIpc) is 2.78. The third kappa shape index (κ3) is 3.04. The molecule has 1 amide bonds. The summed E-state index contributed by atoms with van der Waals surface area (Å²) < 4.78 is 1.60. The Kier molecular flexibility index (Phi) is 4.52. The minimum absolute atomic E-state index is 0.0229. The van der Waals surface area contributed by atoms with Gasteiger partial charge in [0.05, 0.1) is 16.8 Å². The Balaban J connectivity index is 3.01. The maximum atomic E-state index is 12.3. The summed E-state index contributed by atoms with van der Waals surface area (Å²) >= 11 is 0. The van der Waals surface area contributed by atoms with Crippen LogP contribution in [0.3, 0.4) is 0 Å². The minimum atomic E-state index is -0.882. The number of nitrogens with one attached hydrogen (secondary N) is 1. The second-order valence-electron chi connectivity index (χ2n) is 4.64. The van der Waals surface area contributed by atoms with E-state index >= 15 is 0 Å². The molecule has 7 heteroatoms. The van der Waals surface area contributed by atoms with Crippen LogP contribution in [-0.4, -0.2) is 32.3 Å². The molecule has 0 aliphatic rings. The van der Waals surface area contributed by atoms with Crippen molar-refractivity contribution in [2.75, 3.05) is 0 Å². The largest absolute Gasteiger partial charge is 0.409 e. The zero-order chi connectivity index (χ0) is 14.6. The van der Waals surface area contributed by atoms with Crippen molar-refractivity contribution in [2.24, 2.45) is 17.9 Å². The molecule has 1 atom stereocenters. The summed E-state index contributed by atoms with van der Waals surface area (Å²) in [7, 11) is 1.76. The molecular formula is C12H21N5O2. The van der Waals surface area contributed by atoms with Crippen LogP contribution in [0.15, 0.2) is 11.4 Å². The van der Waals surface area contributed by atoms with Gasteiger partial charge in [-0.25, -0.2) is 0 Å². The van der Waals surface area contributed by atoms with Gasteiger partial charge in [0, 0.05) is 13.2 Å². The van der Waals surface area contributed by atoms with Crippen molar-refractivity contribution < 1.29 is 10.0 Å². The molecule has 0 bridgehead atoms. The van der Waals surface area contributed by atoms with Gasteiger partial charge in [-0.2, -0.15) is 5.10 Å². The van der Waals surface area contributed by atoms with Crippen LogP contribution in [0.2, 0.25) is 0 Å². The average molecular weight is 267 g/mol. The first-order chi connectivity index (χ1) is 8.87. The molecule has 0 fully saturated rings. The lowest BCUT2D eigenvalue weighted by molar-refractivity contribution is 0.0924. The second-order valence-corrected chi connectivity index (χ2v) is 4.64. The number of hydrogen-bond donors (Lipinski definition) is 3. The molecule has 0 aromatic carbocycles. The quantitative estimate of drug-likeness (QED) is 0.315. The summed E-state index contributed by atoms with van der Waals surface area (Å²) in [4.78, 5) is 12.3. The lowest BCUT2D eigenvalue weighted by atomic mass is 9.97. The number of nitrogens with two attached hydrogens (primary N) is 1. The molecule has 0 saturated heterocycles. The fraction of sp³-hybridized carbons (Fsp3) is 0.583. The molecule has 0 saturated carbocycles. The molecule has 1 heterocycles. The Morgan fingerprint density at radius 2 is 2.26 bits per heavy atom. The highest BCUT2D eigenvalue weighted by atomic mass is 16.4. The lowest BCUT2D eigenvalue weighted by Crippen LogP contribution is -2.55. The molecule has 1 unspecified atom stereocenters. The first kappa shape index (κ1) is 15.0. The number of aryl methyl sites for hydroxylation is 2. The number of nitrogens with zero attached hydrogens (tertiary/aromatic N) is 3. The number of hydrogen-bond acceptors (Lipinski definition) is 4. The molecule has 1 aromatic heterocycles. The lowest BCUT2D eigenvalue weighted by Gasteiger charge is -2.27. The predicted octanol–water partition coefficient (Wildman–Crippen LogP) is 0.627. The van der Waals surface area contributed by atoms with Crippen molar-refractivity contribution >= 4 is 11.7 Å². The molecule has 0 radical (unpaired) electrons. The summed E-state index contributed by atoms with van der Waals surface area (Å²) in [6.45, 7) is 5.49. The molecule has 7 nitrogen and oxygen atoms in total. The van der Waals surface area contributed by atoms with Crippen molar-refractivity contribution in [3.8, 4) is 0 Å². The van der Waals surface area contributed by atoms with Gasteiger partial charge in [-0.15, -0.1) is 0 Å². The van der Waals surface area contributed by atoms with Gasteiger partial charge in [0.15, 0.2) is 5.84 Å². The molecule has 106 valence electrons. The third-order valence-electron chi connectivity index (χ3n) is 3.25. The number of amidine groups is 1. The van der Waals surface area contributed by atoms with Crippen LogP contribution in [0.4, 0.5) is 0 Å². The number of carbonyl (C=O) groups is 1. The predicted molar refractivity (Wildman–Crippen MR) is 72.2 cm³/mol. The first-order valence-corrected chi connectivity index (χ1v) is 6.21. The Labute approximate surface area is 112 Å². The van der Waals surface area contributed by atoms with Crippen molar-refractivity contribution in [3.05, 3.63) is 17.5 Å². The van der Waals surface area contributed by atoms with E-state index in [4.69, 9.17) is 10.9 Å². The van der Waals surface area contributed by atoms with E-state index in [1.54, 1.807) is 24.9 Å². The number of amides is 1. The fourth-order valence-electron chi connectivity index (χ4n) is 1.75. The molecule has 1 rings (SSSR count). The van der Waals surface area contributed by atoms with Crippen LogP contribution < -0.4 is 11.1 Å². The standard InChI is InChI=1S/C12H21N5O2/c1-5-9-8(7-17(4)15-9)10(18)14-12(3,6-2)11(13)16-19/h7,19H,5-6H2,1-4H3,(H2,13,16)(H,14,18). The number of rotatable bonds is 5. The zero-order valence-corrected chi connectivity index (χ0v) is 11.8. The van der Waals surface area contributed by atoms with Gasteiger partial charge in [0.25, 0.3) is 5.91 Å². The molecule has 19 heavy (non-hydrogen) atoms. The molecule has 1 aromatic rings. The SMILES string of the molecule is CCc1nn(C)cc1C(=O)NC(C)(CC)/C(N)=N/O. The van der Waals surface area contributed by atoms with Gasteiger partial charge >= 0.3 is 0 Å². The Morgan fingerprint density at radius 1 is 1.63 bits per heavy atom. The van der Waals surface area contributed by atoms with E-state index in [1.807, 2.05) is 13.8 Å². The molecular weight excluding hydrogens is 246 g/mol. The van der Waals surface area contributed by atoms with E-state index in [0.717, 1.165) is 5.69 Å². The maximum Gasteiger partial charge on any atom is 0.255 e. The fourth-order valence-corrected chi connectivity index (χ4v) is 1.75. The summed E-state index contributed by atoms with van der Waals surface area (Å²) in [5.41, 5.74) is 5.98. The summed E-state index contributed by atoms with van der Waals surface area (Å²) in [5.74, 6) is -0.300. The van der Waals surface area contributed by atoms with Gasteiger partial charge < -0.3 is 16.3 Å². The van der Waals surface area contributed by atoms with Crippen molar-refractivity contribution in [1.82, 2.24) is 15.1 Å². The third-order valence-corrected chi connectivity index (χ3v) is 3.25.